The summed E-state index contributed by atoms with van der Waals surface area (Å²) in [5.41, 5.74) is 0.866. The van der Waals surface area contributed by atoms with Crippen LogP contribution in [0.5, 0.6) is 0 Å². The highest BCUT2D eigenvalue weighted by Gasteiger charge is 2.70. The van der Waals surface area contributed by atoms with Gasteiger partial charge >= 0.3 is 0 Å². The van der Waals surface area contributed by atoms with Crippen molar-refractivity contribution in [3.63, 3.8) is 0 Å². The maximum Gasteiger partial charge on any atom is 0.163 e. The van der Waals surface area contributed by atoms with Crippen molar-refractivity contribution in [3.05, 3.63) is 0 Å². The van der Waals surface area contributed by atoms with Crippen molar-refractivity contribution in [2.24, 2.45) is 34.0 Å². The van der Waals surface area contributed by atoms with Crippen LogP contribution >= 0.6 is 0 Å². The molecule has 4 saturated carbocycles. The molecule has 5 aliphatic rings. The van der Waals surface area contributed by atoms with E-state index >= 15 is 0 Å². The zero-order chi connectivity index (χ0) is 18.6. The second-order valence-electron chi connectivity index (χ2n) is 11.9. The first-order chi connectivity index (χ1) is 12.0. The predicted molar refractivity (Wildman–Crippen MR) is 102 cm³/mol. The molecule has 1 aliphatic heterocycles. The van der Waals surface area contributed by atoms with Gasteiger partial charge in [0.2, 0.25) is 0 Å². The van der Waals surface area contributed by atoms with Gasteiger partial charge in [-0.25, -0.2) is 0 Å². The standard InChI is InChI=1S/C23H38O3/c1-19(2)16-8-11-22-12-15(23(13-22)14-25-20(3,4)26-23)6-7-17(22)21(16,5)10-9-18(19)24/h15-18,24H,6-14H2,1-5H3/t15-,16+,17-,18-,21+,22-,23+/m0/s1. The molecule has 2 bridgehead atoms. The molecule has 3 nitrogen and oxygen atoms in total. The summed E-state index contributed by atoms with van der Waals surface area (Å²) in [6, 6.07) is 0. The molecule has 0 radical (unpaired) electrons. The lowest BCUT2D eigenvalue weighted by Crippen LogP contribution is -2.59. The third kappa shape index (κ3) is 2.12. The average molecular weight is 363 g/mol. The van der Waals surface area contributed by atoms with Crippen LogP contribution in [0.2, 0.25) is 0 Å². The van der Waals surface area contributed by atoms with E-state index in [0.29, 0.717) is 22.7 Å². The molecule has 2 spiro atoms. The number of aliphatic hydroxyl groups excluding tert-OH is 1. The van der Waals surface area contributed by atoms with Crippen molar-refractivity contribution in [2.75, 3.05) is 6.61 Å². The van der Waals surface area contributed by atoms with Crippen LogP contribution in [0.3, 0.4) is 0 Å². The summed E-state index contributed by atoms with van der Waals surface area (Å²) in [5.74, 6) is 1.72. The molecule has 26 heavy (non-hydrogen) atoms. The molecule has 1 heterocycles. The smallest absolute Gasteiger partial charge is 0.163 e. The highest BCUT2D eigenvalue weighted by molar-refractivity contribution is 5.18. The van der Waals surface area contributed by atoms with Gasteiger partial charge in [-0.3, -0.25) is 0 Å². The summed E-state index contributed by atoms with van der Waals surface area (Å²) in [4.78, 5) is 0. The summed E-state index contributed by atoms with van der Waals surface area (Å²) in [6.45, 7) is 12.2. The molecule has 1 saturated heterocycles. The summed E-state index contributed by atoms with van der Waals surface area (Å²) in [6.07, 6.45) is 9.88. The minimum atomic E-state index is -0.415. The molecular weight excluding hydrogens is 324 g/mol. The van der Waals surface area contributed by atoms with Crippen molar-refractivity contribution in [1.82, 2.24) is 0 Å². The van der Waals surface area contributed by atoms with Gasteiger partial charge in [0.15, 0.2) is 5.79 Å². The third-order valence-corrected chi connectivity index (χ3v) is 9.94. The fourth-order valence-corrected chi connectivity index (χ4v) is 8.95. The van der Waals surface area contributed by atoms with E-state index in [1.807, 2.05) is 0 Å². The van der Waals surface area contributed by atoms with Gasteiger partial charge in [-0.15, -0.1) is 0 Å². The van der Waals surface area contributed by atoms with Crippen molar-refractivity contribution < 1.29 is 14.6 Å². The van der Waals surface area contributed by atoms with E-state index in [9.17, 15) is 5.11 Å². The first kappa shape index (κ1) is 17.9. The van der Waals surface area contributed by atoms with Crippen LogP contribution in [0.1, 0.15) is 86.0 Å². The zero-order valence-electron chi connectivity index (χ0n) is 17.4. The van der Waals surface area contributed by atoms with Gasteiger partial charge in [-0.2, -0.15) is 0 Å². The Kier molecular flexibility index (Phi) is 3.50. The Hall–Kier alpha value is -0.120. The van der Waals surface area contributed by atoms with E-state index in [-0.39, 0.29) is 17.1 Å². The fraction of sp³-hybridized carbons (Fsp3) is 1.00. The van der Waals surface area contributed by atoms with Gasteiger partial charge in [0.1, 0.15) is 0 Å². The van der Waals surface area contributed by atoms with E-state index in [1.165, 1.54) is 44.9 Å². The molecule has 4 aliphatic carbocycles. The normalized spacial score (nSPS) is 57.0. The second-order valence-corrected chi connectivity index (χ2v) is 11.9. The summed E-state index contributed by atoms with van der Waals surface area (Å²) >= 11 is 0. The summed E-state index contributed by atoms with van der Waals surface area (Å²) in [5, 5.41) is 10.7. The Bertz CT molecular complexity index is 613. The molecular formula is C23H38O3. The van der Waals surface area contributed by atoms with Gasteiger partial charge < -0.3 is 14.6 Å². The molecule has 0 aromatic heterocycles. The predicted octanol–water partition coefficient (Wildman–Crippen LogP) is 4.91. The highest BCUT2D eigenvalue weighted by Crippen LogP contribution is 2.74. The zero-order valence-corrected chi connectivity index (χ0v) is 17.4. The summed E-state index contributed by atoms with van der Waals surface area (Å²) in [7, 11) is 0. The Balaban J connectivity index is 1.50. The molecule has 0 aromatic rings. The van der Waals surface area contributed by atoms with Crippen LogP contribution < -0.4 is 0 Å². The average Bonchev–Trinajstić information content (AvgIpc) is 2.97. The number of ether oxygens (including phenoxy) is 2. The molecule has 5 rings (SSSR count). The number of rotatable bonds is 0. The number of fused-ring (bicyclic) bond motifs is 4. The maximum atomic E-state index is 10.7. The number of hydrogen-bond donors (Lipinski definition) is 1. The van der Waals surface area contributed by atoms with Crippen molar-refractivity contribution in [2.45, 2.75) is 103 Å². The SMILES string of the molecule is CC1(C)OC[C@@]2(C[C@@]34CC[C@@H]5C(C)(C)[C@@H](O)CC[C@@]5(C)[C@@H]3CC[C@H]2C4)O1. The lowest BCUT2D eigenvalue weighted by molar-refractivity contribution is -0.182. The monoisotopic (exact) mass is 362 g/mol. The third-order valence-electron chi connectivity index (χ3n) is 9.94. The Morgan fingerprint density at radius 3 is 2.35 bits per heavy atom. The van der Waals surface area contributed by atoms with Crippen LogP contribution in [0.15, 0.2) is 0 Å². The fourth-order valence-electron chi connectivity index (χ4n) is 8.95. The van der Waals surface area contributed by atoms with E-state index in [0.717, 1.165) is 18.9 Å². The number of hydrogen-bond acceptors (Lipinski definition) is 3. The first-order valence-electron chi connectivity index (χ1n) is 11.1. The quantitative estimate of drug-likeness (QED) is 0.665. The molecule has 1 N–H and O–H groups in total. The van der Waals surface area contributed by atoms with Crippen LogP contribution in [-0.4, -0.2) is 29.2 Å². The van der Waals surface area contributed by atoms with Gasteiger partial charge in [-0.1, -0.05) is 20.8 Å². The maximum absolute atomic E-state index is 10.7. The van der Waals surface area contributed by atoms with Gasteiger partial charge in [0.05, 0.1) is 18.3 Å². The van der Waals surface area contributed by atoms with Crippen LogP contribution in [0.25, 0.3) is 0 Å². The van der Waals surface area contributed by atoms with E-state index in [2.05, 4.69) is 34.6 Å². The topological polar surface area (TPSA) is 38.7 Å². The van der Waals surface area contributed by atoms with Crippen molar-refractivity contribution in [1.29, 1.82) is 0 Å². The van der Waals surface area contributed by atoms with Crippen LogP contribution in [0, 0.1) is 34.0 Å². The van der Waals surface area contributed by atoms with Gasteiger partial charge in [0, 0.05) is 0 Å². The highest BCUT2D eigenvalue weighted by atomic mass is 16.8. The van der Waals surface area contributed by atoms with Gasteiger partial charge in [-0.05, 0) is 99.2 Å². The molecule has 0 unspecified atom stereocenters. The molecule has 148 valence electrons. The van der Waals surface area contributed by atoms with Gasteiger partial charge in [0.25, 0.3) is 0 Å². The number of aliphatic hydroxyl groups is 1. The lowest BCUT2D eigenvalue weighted by Gasteiger charge is -2.64. The van der Waals surface area contributed by atoms with Crippen LogP contribution in [-0.2, 0) is 9.47 Å². The molecule has 0 amide bonds. The Labute approximate surface area is 159 Å². The molecule has 0 aromatic carbocycles. The Morgan fingerprint density at radius 2 is 1.65 bits per heavy atom. The van der Waals surface area contributed by atoms with E-state index in [1.54, 1.807) is 0 Å². The van der Waals surface area contributed by atoms with Crippen molar-refractivity contribution in [3.8, 4) is 0 Å². The van der Waals surface area contributed by atoms with E-state index < -0.39 is 5.79 Å². The molecule has 7 atom stereocenters. The molecule has 3 heteroatoms. The lowest BCUT2D eigenvalue weighted by atomic mass is 9.41. The molecule has 5 fully saturated rings. The van der Waals surface area contributed by atoms with E-state index in [4.69, 9.17) is 9.47 Å². The Morgan fingerprint density at radius 1 is 0.885 bits per heavy atom. The van der Waals surface area contributed by atoms with Crippen LogP contribution in [0.4, 0.5) is 0 Å². The first-order valence-corrected chi connectivity index (χ1v) is 11.1. The minimum Gasteiger partial charge on any atom is -0.393 e. The second kappa shape index (κ2) is 5.07. The van der Waals surface area contributed by atoms with Crippen molar-refractivity contribution >= 4 is 0 Å². The summed E-state index contributed by atoms with van der Waals surface area (Å²) < 4.78 is 12.7. The minimum absolute atomic E-state index is 0.0227. The largest absolute Gasteiger partial charge is 0.393 e.